The smallest absolute Gasteiger partial charge is 0.412 e. The third-order valence-corrected chi connectivity index (χ3v) is 4.20. The molecule has 0 saturated heterocycles. The molecule has 25 heavy (non-hydrogen) atoms. The summed E-state index contributed by atoms with van der Waals surface area (Å²) in [4.78, 5) is 24.3. The first kappa shape index (κ1) is 18.8. The number of methoxy groups -OCH3 is 1. The molecule has 6 nitrogen and oxygen atoms in total. The van der Waals surface area contributed by atoms with Crippen molar-refractivity contribution in [3.8, 4) is 11.8 Å². The van der Waals surface area contributed by atoms with Crippen LogP contribution in [0.2, 0.25) is 0 Å². The van der Waals surface area contributed by atoms with Gasteiger partial charge >= 0.3 is 6.09 Å². The molecule has 1 aliphatic carbocycles. The van der Waals surface area contributed by atoms with E-state index >= 15 is 0 Å². The monoisotopic (exact) mass is 344 g/mol. The van der Waals surface area contributed by atoms with Crippen LogP contribution in [-0.4, -0.2) is 24.6 Å². The molecule has 0 heterocycles. The highest BCUT2D eigenvalue weighted by molar-refractivity contribution is 5.91. The Balaban J connectivity index is 2.30. The predicted molar refractivity (Wildman–Crippen MR) is 93.5 cm³/mol. The van der Waals surface area contributed by atoms with Crippen molar-refractivity contribution in [1.82, 2.24) is 0 Å². The molecule has 1 N–H and O–H groups in total. The third kappa shape index (κ3) is 4.50. The van der Waals surface area contributed by atoms with Crippen LogP contribution in [0, 0.1) is 16.7 Å². The molecule has 0 aromatic heterocycles. The van der Waals surface area contributed by atoms with Gasteiger partial charge in [0.1, 0.15) is 16.8 Å². The zero-order chi connectivity index (χ0) is 18.7. The van der Waals surface area contributed by atoms with E-state index in [0.29, 0.717) is 29.8 Å². The molecule has 1 atom stereocenters. The molecule has 1 aromatic rings. The zero-order valence-electron chi connectivity index (χ0n) is 15.1. The van der Waals surface area contributed by atoms with Crippen molar-refractivity contribution < 1.29 is 19.1 Å². The van der Waals surface area contributed by atoms with Gasteiger partial charge in [-0.2, -0.15) is 5.26 Å². The maximum Gasteiger partial charge on any atom is 0.412 e. The van der Waals surface area contributed by atoms with E-state index in [2.05, 4.69) is 11.4 Å². The highest BCUT2D eigenvalue weighted by Crippen LogP contribution is 2.39. The zero-order valence-corrected chi connectivity index (χ0v) is 15.1. The fourth-order valence-corrected chi connectivity index (χ4v) is 2.97. The number of carbonyl (C=O) groups is 2. The molecular weight excluding hydrogens is 320 g/mol. The van der Waals surface area contributed by atoms with Crippen molar-refractivity contribution in [3.05, 3.63) is 23.8 Å². The number of ether oxygens (including phenoxy) is 2. The number of ketones is 1. The third-order valence-electron chi connectivity index (χ3n) is 4.20. The van der Waals surface area contributed by atoms with E-state index in [0.717, 1.165) is 6.42 Å². The molecule has 0 unspecified atom stereocenters. The Morgan fingerprint density at radius 1 is 1.40 bits per heavy atom. The van der Waals surface area contributed by atoms with Crippen molar-refractivity contribution in [2.45, 2.75) is 52.1 Å². The predicted octanol–water partition coefficient (Wildman–Crippen LogP) is 3.85. The summed E-state index contributed by atoms with van der Waals surface area (Å²) >= 11 is 0. The van der Waals surface area contributed by atoms with Crippen LogP contribution in [0.25, 0.3) is 0 Å². The van der Waals surface area contributed by atoms with Gasteiger partial charge in [-0.1, -0.05) is 6.07 Å². The second kappa shape index (κ2) is 7.14. The topological polar surface area (TPSA) is 88.4 Å². The summed E-state index contributed by atoms with van der Waals surface area (Å²) in [7, 11) is 1.53. The van der Waals surface area contributed by atoms with E-state index in [1.54, 1.807) is 39.0 Å². The molecule has 1 saturated carbocycles. The Morgan fingerprint density at radius 3 is 2.64 bits per heavy atom. The summed E-state index contributed by atoms with van der Waals surface area (Å²) < 4.78 is 10.5. The molecule has 1 fully saturated rings. The molecule has 2 rings (SSSR count). The summed E-state index contributed by atoms with van der Waals surface area (Å²) in [5.74, 6) is 0.535. The second-order valence-electron chi connectivity index (χ2n) is 7.30. The lowest BCUT2D eigenvalue weighted by Gasteiger charge is -2.23. The number of Topliss-reactive ketones (excluding diaryl/α,β-unsaturated/α-hetero) is 1. The molecule has 0 spiro atoms. The minimum Gasteiger partial charge on any atom is -0.497 e. The summed E-state index contributed by atoms with van der Waals surface area (Å²) in [6, 6.07) is 7.39. The van der Waals surface area contributed by atoms with E-state index in [4.69, 9.17) is 9.47 Å². The summed E-state index contributed by atoms with van der Waals surface area (Å²) in [5.41, 5.74) is -0.441. The normalized spacial score (nSPS) is 20.0. The largest absolute Gasteiger partial charge is 0.497 e. The van der Waals surface area contributed by atoms with Crippen molar-refractivity contribution in [2.24, 2.45) is 5.41 Å². The maximum absolute atomic E-state index is 12.2. The van der Waals surface area contributed by atoms with Crippen LogP contribution >= 0.6 is 0 Å². The molecule has 0 radical (unpaired) electrons. The van der Waals surface area contributed by atoms with Crippen LogP contribution in [-0.2, 0) is 16.0 Å². The summed E-state index contributed by atoms with van der Waals surface area (Å²) in [6.07, 6.45) is 1.36. The van der Waals surface area contributed by atoms with E-state index in [9.17, 15) is 14.9 Å². The number of nitrogens with zero attached hydrogens (tertiary/aromatic N) is 1. The van der Waals surface area contributed by atoms with Crippen molar-refractivity contribution >= 4 is 17.6 Å². The van der Waals surface area contributed by atoms with Crippen LogP contribution in [0.15, 0.2) is 18.2 Å². The van der Waals surface area contributed by atoms with Crippen LogP contribution in [0.1, 0.15) is 45.6 Å². The first-order valence-corrected chi connectivity index (χ1v) is 8.30. The van der Waals surface area contributed by atoms with Gasteiger partial charge in [0.25, 0.3) is 0 Å². The first-order valence-electron chi connectivity index (χ1n) is 8.30. The number of benzene rings is 1. The van der Waals surface area contributed by atoms with Gasteiger partial charge in [0, 0.05) is 18.9 Å². The molecule has 0 aliphatic heterocycles. The highest BCUT2D eigenvalue weighted by Gasteiger charge is 2.42. The molecule has 0 bridgehead atoms. The Labute approximate surface area is 148 Å². The average molecular weight is 344 g/mol. The fourth-order valence-electron chi connectivity index (χ4n) is 2.97. The molecule has 6 heteroatoms. The van der Waals surface area contributed by atoms with E-state index in [1.807, 2.05) is 0 Å². The van der Waals surface area contributed by atoms with Gasteiger partial charge in [-0.3, -0.25) is 10.1 Å². The number of carbonyl (C=O) groups excluding carboxylic acids is 2. The van der Waals surface area contributed by atoms with E-state index < -0.39 is 17.1 Å². The standard InChI is InChI=1S/C19H24N2O4/c1-18(2,3)25-17(23)21-15-10-14(24-4)8-7-13(15)11-19(12-20)9-5-6-16(19)22/h7-8,10H,5-6,9,11H2,1-4H3,(H,21,23)/t19-/m0/s1. The van der Waals surface area contributed by atoms with Crippen LogP contribution in [0.4, 0.5) is 10.5 Å². The highest BCUT2D eigenvalue weighted by atomic mass is 16.6. The Bertz CT molecular complexity index is 715. The molecular formula is C19H24N2O4. The molecule has 1 amide bonds. The number of nitriles is 1. The number of anilines is 1. The summed E-state index contributed by atoms with van der Waals surface area (Å²) in [6.45, 7) is 5.34. The average Bonchev–Trinajstić information content (AvgIpc) is 2.88. The number of rotatable bonds is 4. The molecule has 1 aliphatic rings. The Hall–Kier alpha value is -2.55. The molecule has 1 aromatic carbocycles. The second-order valence-corrected chi connectivity index (χ2v) is 7.30. The summed E-state index contributed by atoms with van der Waals surface area (Å²) in [5, 5.41) is 12.3. The number of nitrogens with one attached hydrogen (secondary N) is 1. The lowest BCUT2D eigenvalue weighted by Crippen LogP contribution is -2.29. The Morgan fingerprint density at radius 2 is 2.12 bits per heavy atom. The lowest BCUT2D eigenvalue weighted by molar-refractivity contribution is -0.123. The van der Waals surface area contributed by atoms with Gasteiger partial charge in [-0.25, -0.2) is 4.79 Å². The SMILES string of the molecule is COc1ccc(C[C@]2(C#N)CCCC2=O)c(NC(=O)OC(C)(C)C)c1. The van der Waals surface area contributed by atoms with Crippen molar-refractivity contribution in [1.29, 1.82) is 5.26 Å². The lowest BCUT2D eigenvalue weighted by atomic mass is 9.80. The van der Waals surface area contributed by atoms with Gasteiger partial charge in [0.05, 0.1) is 18.9 Å². The molecule has 134 valence electrons. The van der Waals surface area contributed by atoms with Crippen LogP contribution < -0.4 is 10.1 Å². The minimum absolute atomic E-state index is 0.0333. The quantitative estimate of drug-likeness (QED) is 0.896. The van der Waals surface area contributed by atoms with Gasteiger partial charge in [0.2, 0.25) is 0 Å². The maximum atomic E-state index is 12.2. The van der Waals surface area contributed by atoms with Crippen LogP contribution in [0.3, 0.4) is 0 Å². The van der Waals surface area contributed by atoms with Crippen molar-refractivity contribution in [3.63, 3.8) is 0 Å². The van der Waals surface area contributed by atoms with E-state index in [1.165, 1.54) is 7.11 Å². The number of hydrogen-bond acceptors (Lipinski definition) is 5. The number of hydrogen-bond donors (Lipinski definition) is 1. The number of amides is 1. The minimum atomic E-state index is -1.01. The van der Waals surface area contributed by atoms with Crippen molar-refractivity contribution in [2.75, 3.05) is 12.4 Å². The first-order chi connectivity index (χ1) is 11.7. The van der Waals surface area contributed by atoms with Gasteiger partial charge in [-0.05, 0) is 45.2 Å². The van der Waals surface area contributed by atoms with E-state index in [-0.39, 0.29) is 12.2 Å². The van der Waals surface area contributed by atoms with Gasteiger partial charge < -0.3 is 9.47 Å². The van der Waals surface area contributed by atoms with Gasteiger partial charge in [-0.15, -0.1) is 0 Å². The fraction of sp³-hybridized carbons (Fsp3) is 0.526. The Kier molecular flexibility index (Phi) is 5.36. The van der Waals surface area contributed by atoms with Gasteiger partial charge in [0.15, 0.2) is 5.78 Å². The van der Waals surface area contributed by atoms with Crippen LogP contribution in [0.5, 0.6) is 5.75 Å².